The Hall–Kier alpha value is -2.29. The lowest BCUT2D eigenvalue weighted by Crippen LogP contribution is -2.34. The van der Waals surface area contributed by atoms with E-state index in [0.29, 0.717) is 0 Å². The highest BCUT2D eigenvalue weighted by Crippen LogP contribution is 2.33. The number of ether oxygens (including phenoxy) is 1. The van der Waals surface area contributed by atoms with E-state index in [9.17, 15) is 9.90 Å². The highest BCUT2D eigenvalue weighted by Gasteiger charge is 2.38. The summed E-state index contributed by atoms with van der Waals surface area (Å²) in [4.78, 5) is 12.2. The van der Waals surface area contributed by atoms with E-state index in [1.807, 2.05) is 37.3 Å². The first-order valence-corrected chi connectivity index (χ1v) is 6.02. The Morgan fingerprint density at radius 3 is 2.05 bits per heavy atom. The second kappa shape index (κ2) is 5.14. The van der Waals surface area contributed by atoms with Crippen molar-refractivity contribution < 1.29 is 14.6 Å². The maximum absolute atomic E-state index is 12.2. The van der Waals surface area contributed by atoms with E-state index in [0.717, 1.165) is 11.1 Å². The van der Waals surface area contributed by atoms with E-state index in [1.165, 1.54) is 7.11 Å². The number of hydrogen-bond donors (Lipinski definition) is 1. The van der Waals surface area contributed by atoms with Crippen molar-refractivity contribution in [3.05, 3.63) is 65.7 Å². The lowest BCUT2D eigenvalue weighted by molar-refractivity contribution is -0.145. The van der Waals surface area contributed by atoms with Gasteiger partial charge in [-0.05, 0) is 30.2 Å². The summed E-state index contributed by atoms with van der Waals surface area (Å²) in [6.45, 7) is 1.82. The number of phenols is 1. The highest BCUT2D eigenvalue weighted by atomic mass is 16.5. The fourth-order valence-electron chi connectivity index (χ4n) is 2.17. The number of carbonyl (C=O) groups is 1. The molecule has 0 aliphatic rings. The van der Waals surface area contributed by atoms with Crippen LogP contribution in [0.5, 0.6) is 5.75 Å². The number of esters is 1. The molecule has 1 atom stereocenters. The molecule has 0 radical (unpaired) electrons. The Kier molecular flexibility index (Phi) is 3.56. The summed E-state index contributed by atoms with van der Waals surface area (Å²) in [5, 5.41) is 9.37. The number of aromatic hydroxyl groups is 1. The Labute approximate surface area is 112 Å². The predicted octanol–water partition coefficient (Wildman–Crippen LogP) is 2.87. The Morgan fingerprint density at radius 1 is 1.00 bits per heavy atom. The summed E-state index contributed by atoms with van der Waals surface area (Å²) in [5.74, 6) is -0.159. The molecule has 0 aliphatic heterocycles. The minimum atomic E-state index is -0.885. The van der Waals surface area contributed by atoms with E-state index in [4.69, 9.17) is 4.74 Å². The van der Waals surface area contributed by atoms with Gasteiger partial charge in [-0.3, -0.25) is 4.79 Å². The minimum Gasteiger partial charge on any atom is -0.508 e. The first kappa shape index (κ1) is 13.1. The fraction of sp³-hybridized carbons (Fsp3) is 0.188. The maximum atomic E-state index is 12.2. The molecule has 0 amide bonds. The molecule has 0 saturated carbocycles. The minimum absolute atomic E-state index is 0.170. The molecule has 0 spiro atoms. The molecule has 0 bridgehead atoms. The van der Waals surface area contributed by atoms with Gasteiger partial charge in [0.25, 0.3) is 0 Å². The van der Waals surface area contributed by atoms with Gasteiger partial charge in [0, 0.05) is 0 Å². The van der Waals surface area contributed by atoms with Gasteiger partial charge >= 0.3 is 5.97 Å². The molecule has 3 nitrogen and oxygen atoms in total. The van der Waals surface area contributed by atoms with Crippen molar-refractivity contribution >= 4 is 5.97 Å². The summed E-state index contributed by atoms with van der Waals surface area (Å²) >= 11 is 0. The number of phenolic OH excluding ortho intramolecular Hbond substituents is 1. The quantitative estimate of drug-likeness (QED) is 0.859. The zero-order valence-electron chi connectivity index (χ0n) is 11.0. The molecule has 0 aliphatic carbocycles. The Balaban J connectivity index is 2.58. The topological polar surface area (TPSA) is 46.5 Å². The third-order valence-electron chi connectivity index (χ3n) is 3.39. The molecule has 0 heterocycles. The van der Waals surface area contributed by atoms with Crippen LogP contribution in [0.25, 0.3) is 0 Å². The summed E-state index contributed by atoms with van der Waals surface area (Å²) in [7, 11) is 1.38. The van der Waals surface area contributed by atoms with Crippen molar-refractivity contribution in [1.29, 1.82) is 0 Å². The van der Waals surface area contributed by atoms with Crippen LogP contribution in [-0.2, 0) is 14.9 Å². The average Bonchev–Trinajstić information content (AvgIpc) is 2.47. The van der Waals surface area contributed by atoms with Gasteiger partial charge < -0.3 is 9.84 Å². The molecule has 1 unspecified atom stereocenters. The molecule has 0 aromatic heterocycles. The lowest BCUT2D eigenvalue weighted by atomic mass is 9.76. The van der Waals surface area contributed by atoms with Crippen molar-refractivity contribution in [2.45, 2.75) is 12.3 Å². The zero-order valence-corrected chi connectivity index (χ0v) is 11.0. The maximum Gasteiger partial charge on any atom is 0.320 e. The number of rotatable bonds is 3. The van der Waals surface area contributed by atoms with Gasteiger partial charge in [0.1, 0.15) is 11.2 Å². The van der Waals surface area contributed by atoms with Gasteiger partial charge in [0.15, 0.2) is 0 Å². The summed E-state index contributed by atoms with van der Waals surface area (Å²) in [6, 6.07) is 16.1. The number of methoxy groups -OCH3 is 1. The van der Waals surface area contributed by atoms with Crippen LogP contribution in [0.1, 0.15) is 18.1 Å². The van der Waals surface area contributed by atoms with Crippen molar-refractivity contribution in [2.24, 2.45) is 0 Å². The lowest BCUT2D eigenvalue weighted by Gasteiger charge is -2.27. The fourth-order valence-corrected chi connectivity index (χ4v) is 2.17. The van der Waals surface area contributed by atoms with Gasteiger partial charge in [-0.1, -0.05) is 42.5 Å². The van der Waals surface area contributed by atoms with Crippen LogP contribution >= 0.6 is 0 Å². The summed E-state index contributed by atoms with van der Waals surface area (Å²) in [6.07, 6.45) is 0. The van der Waals surface area contributed by atoms with E-state index in [-0.39, 0.29) is 11.7 Å². The van der Waals surface area contributed by atoms with Crippen LogP contribution < -0.4 is 0 Å². The monoisotopic (exact) mass is 256 g/mol. The predicted molar refractivity (Wildman–Crippen MR) is 73.0 cm³/mol. The average molecular weight is 256 g/mol. The number of benzene rings is 2. The van der Waals surface area contributed by atoms with E-state index in [2.05, 4.69) is 0 Å². The largest absolute Gasteiger partial charge is 0.508 e. The second-order valence-corrected chi connectivity index (χ2v) is 4.53. The normalized spacial score (nSPS) is 13.6. The molecular weight excluding hydrogens is 240 g/mol. The molecule has 19 heavy (non-hydrogen) atoms. The molecule has 3 heteroatoms. The number of hydrogen-bond acceptors (Lipinski definition) is 3. The van der Waals surface area contributed by atoms with E-state index >= 15 is 0 Å². The van der Waals surface area contributed by atoms with Crippen LogP contribution in [0.15, 0.2) is 54.6 Å². The number of carbonyl (C=O) groups excluding carboxylic acids is 1. The van der Waals surface area contributed by atoms with Crippen LogP contribution in [0.2, 0.25) is 0 Å². The molecule has 0 saturated heterocycles. The first-order chi connectivity index (χ1) is 9.09. The van der Waals surface area contributed by atoms with E-state index < -0.39 is 5.41 Å². The zero-order chi connectivity index (χ0) is 13.9. The van der Waals surface area contributed by atoms with Gasteiger partial charge in [0.2, 0.25) is 0 Å². The van der Waals surface area contributed by atoms with E-state index in [1.54, 1.807) is 24.3 Å². The molecule has 98 valence electrons. The molecule has 0 fully saturated rings. The summed E-state index contributed by atoms with van der Waals surface area (Å²) in [5.41, 5.74) is 0.750. The van der Waals surface area contributed by atoms with Crippen LogP contribution in [0, 0.1) is 0 Å². The molecule has 2 aromatic rings. The third-order valence-corrected chi connectivity index (χ3v) is 3.39. The summed E-state index contributed by atoms with van der Waals surface area (Å²) < 4.78 is 4.95. The van der Waals surface area contributed by atoms with Crippen molar-refractivity contribution in [3.8, 4) is 5.75 Å². The van der Waals surface area contributed by atoms with Gasteiger partial charge in [-0.2, -0.15) is 0 Å². The first-order valence-electron chi connectivity index (χ1n) is 6.02. The van der Waals surface area contributed by atoms with Crippen molar-refractivity contribution in [1.82, 2.24) is 0 Å². The second-order valence-electron chi connectivity index (χ2n) is 4.53. The van der Waals surface area contributed by atoms with Gasteiger partial charge in [-0.25, -0.2) is 0 Å². The van der Waals surface area contributed by atoms with Crippen molar-refractivity contribution in [2.75, 3.05) is 7.11 Å². The van der Waals surface area contributed by atoms with Gasteiger partial charge in [0.05, 0.1) is 7.11 Å². The van der Waals surface area contributed by atoms with Crippen molar-refractivity contribution in [3.63, 3.8) is 0 Å². The molecular formula is C16H16O3. The molecule has 1 N–H and O–H groups in total. The van der Waals surface area contributed by atoms with Crippen LogP contribution in [-0.4, -0.2) is 18.2 Å². The highest BCUT2D eigenvalue weighted by molar-refractivity contribution is 5.87. The van der Waals surface area contributed by atoms with Crippen LogP contribution in [0.4, 0.5) is 0 Å². The molecule has 2 rings (SSSR count). The Bertz CT molecular complexity index is 560. The Morgan fingerprint density at radius 2 is 1.53 bits per heavy atom. The van der Waals surface area contributed by atoms with Gasteiger partial charge in [-0.15, -0.1) is 0 Å². The van der Waals surface area contributed by atoms with Crippen LogP contribution in [0.3, 0.4) is 0 Å². The SMILES string of the molecule is COC(=O)C(C)(c1ccccc1)c1ccc(O)cc1. The third kappa shape index (κ3) is 2.32. The smallest absolute Gasteiger partial charge is 0.320 e. The molecule has 2 aromatic carbocycles. The standard InChI is InChI=1S/C16H16O3/c1-16(15(18)19-2,12-6-4-3-5-7-12)13-8-10-14(17)11-9-13/h3-11,17H,1-2H3.